The minimum atomic E-state index is 0.543. The van der Waals surface area contributed by atoms with Crippen LogP contribution in [0.5, 0.6) is 0 Å². The summed E-state index contributed by atoms with van der Waals surface area (Å²) in [7, 11) is 0. The maximum Gasteiger partial charge on any atom is 0.0640 e. The fourth-order valence-electron chi connectivity index (χ4n) is 3.56. The van der Waals surface area contributed by atoms with Gasteiger partial charge in [-0.2, -0.15) is 0 Å². The molecule has 3 rings (SSSR count). The van der Waals surface area contributed by atoms with Crippen LogP contribution in [0.4, 0.5) is 5.69 Å². The van der Waals surface area contributed by atoms with Crippen LogP contribution in [0.1, 0.15) is 25.3 Å². The highest BCUT2D eigenvalue weighted by Crippen LogP contribution is 2.26. The molecule has 2 saturated heterocycles. The number of hydrogen-bond donors (Lipinski definition) is 0. The number of pyridine rings is 1. The molecule has 0 spiro atoms. The Morgan fingerprint density at radius 2 is 2.25 bits per heavy atom. The van der Waals surface area contributed by atoms with E-state index >= 15 is 0 Å². The molecule has 110 valence electrons. The average molecular weight is 275 g/mol. The number of aromatic nitrogens is 1. The van der Waals surface area contributed by atoms with Gasteiger partial charge in [0, 0.05) is 43.8 Å². The van der Waals surface area contributed by atoms with Gasteiger partial charge >= 0.3 is 0 Å². The molecule has 20 heavy (non-hydrogen) atoms. The summed E-state index contributed by atoms with van der Waals surface area (Å²) in [5.41, 5.74) is 2.60. The third-order valence-electron chi connectivity index (χ3n) is 4.57. The summed E-state index contributed by atoms with van der Waals surface area (Å²) < 4.78 is 5.84. The van der Waals surface area contributed by atoms with Crippen molar-refractivity contribution in [2.45, 2.75) is 38.8 Å². The molecule has 1 aromatic heterocycles. The van der Waals surface area contributed by atoms with E-state index in [0.717, 1.165) is 32.8 Å². The summed E-state index contributed by atoms with van der Waals surface area (Å²) in [6.07, 6.45) is 6.35. The van der Waals surface area contributed by atoms with E-state index in [2.05, 4.69) is 34.7 Å². The number of rotatable bonds is 3. The second-order valence-electron chi connectivity index (χ2n) is 5.98. The lowest BCUT2D eigenvalue weighted by Crippen LogP contribution is -2.62. The average Bonchev–Trinajstić information content (AvgIpc) is 2.48. The van der Waals surface area contributed by atoms with Crippen molar-refractivity contribution in [1.29, 1.82) is 0 Å². The Bertz CT molecular complexity index is 449. The topological polar surface area (TPSA) is 28.6 Å². The zero-order valence-electron chi connectivity index (χ0n) is 12.6. The molecule has 0 bridgehead atoms. The van der Waals surface area contributed by atoms with Gasteiger partial charge in [-0.3, -0.25) is 9.88 Å². The van der Waals surface area contributed by atoms with Crippen molar-refractivity contribution in [3.05, 3.63) is 24.0 Å². The monoisotopic (exact) mass is 275 g/mol. The first kappa shape index (κ1) is 13.8. The van der Waals surface area contributed by atoms with Crippen LogP contribution in [0.25, 0.3) is 0 Å². The molecule has 0 aromatic carbocycles. The van der Waals surface area contributed by atoms with Crippen molar-refractivity contribution < 1.29 is 4.74 Å². The summed E-state index contributed by atoms with van der Waals surface area (Å²) in [4.78, 5) is 9.37. The molecule has 2 fully saturated rings. The molecule has 0 saturated carbocycles. The SMILES string of the molecule is CCC[C@H]1COC[C@H]2CN(c3ccncc3C)CCN12. The molecular weight excluding hydrogens is 250 g/mol. The predicted molar refractivity (Wildman–Crippen MR) is 81.2 cm³/mol. The van der Waals surface area contributed by atoms with Crippen molar-refractivity contribution >= 4 is 5.69 Å². The van der Waals surface area contributed by atoms with Gasteiger partial charge in [0.2, 0.25) is 0 Å². The standard InChI is InChI=1S/C16H25N3O/c1-3-4-14-11-20-12-15-10-18(7-8-19(14)15)16-5-6-17-9-13(16)2/h5-6,9,14-15H,3-4,7-8,10-12H2,1-2H3/t14-,15+/m0/s1. The third kappa shape index (κ3) is 2.67. The van der Waals surface area contributed by atoms with Gasteiger partial charge in [0.1, 0.15) is 0 Å². The Hall–Kier alpha value is -1.13. The van der Waals surface area contributed by atoms with Crippen LogP contribution in [0.15, 0.2) is 18.5 Å². The van der Waals surface area contributed by atoms with Gasteiger partial charge in [-0.15, -0.1) is 0 Å². The van der Waals surface area contributed by atoms with E-state index in [9.17, 15) is 0 Å². The molecule has 0 unspecified atom stereocenters. The van der Waals surface area contributed by atoms with Crippen molar-refractivity contribution in [3.8, 4) is 0 Å². The normalized spacial score (nSPS) is 27.4. The number of fused-ring (bicyclic) bond motifs is 1. The molecule has 2 atom stereocenters. The van der Waals surface area contributed by atoms with Crippen molar-refractivity contribution in [2.24, 2.45) is 0 Å². The molecule has 0 N–H and O–H groups in total. The van der Waals surface area contributed by atoms with Gasteiger partial charge < -0.3 is 9.64 Å². The summed E-state index contributed by atoms with van der Waals surface area (Å²) in [5, 5.41) is 0. The second kappa shape index (κ2) is 6.10. The van der Waals surface area contributed by atoms with Gasteiger partial charge in [-0.05, 0) is 25.0 Å². The zero-order chi connectivity index (χ0) is 13.9. The van der Waals surface area contributed by atoms with Gasteiger partial charge in [0.15, 0.2) is 0 Å². The van der Waals surface area contributed by atoms with Gasteiger partial charge in [0.25, 0.3) is 0 Å². The van der Waals surface area contributed by atoms with Crippen LogP contribution in [0, 0.1) is 6.92 Å². The summed E-state index contributed by atoms with van der Waals surface area (Å²) in [6.45, 7) is 9.54. The molecule has 0 amide bonds. The Kier molecular flexibility index (Phi) is 4.22. The van der Waals surface area contributed by atoms with E-state index in [4.69, 9.17) is 4.74 Å². The van der Waals surface area contributed by atoms with Crippen LogP contribution in [-0.4, -0.2) is 54.8 Å². The van der Waals surface area contributed by atoms with Crippen molar-refractivity contribution in [3.63, 3.8) is 0 Å². The molecule has 4 nitrogen and oxygen atoms in total. The number of nitrogens with zero attached hydrogens (tertiary/aromatic N) is 3. The largest absolute Gasteiger partial charge is 0.378 e. The van der Waals surface area contributed by atoms with E-state index in [1.165, 1.54) is 24.1 Å². The minimum Gasteiger partial charge on any atom is -0.378 e. The Labute approximate surface area is 121 Å². The zero-order valence-corrected chi connectivity index (χ0v) is 12.6. The van der Waals surface area contributed by atoms with E-state index in [-0.39, 0.29) is 0 Å². The second-order valence-corrected chi connectivity index (χ2v) is 5.98. The lowest BCUT2D eigenvalue weighted by molar-refractivity contribution is -0.0557. The fraction of sp³-hybridized carbons (Fsp3) is 0.688. The fourth-order valence-corrected chi connectivity index (χ4v) is 3.56. The maximum atomic E-state index is 5.84. The van der Waals surface area contributed by atoms with Crippen molar-refractivity contribution in [2.75, 3.05) is 37.7 Å². The number of aryl methyl sites for hydroxylation is 1. The minimum absolute atomic E-state index is 0.543. The highest BCUT2D eigenvalue weighted by Gasteiger charge is 2.35. The quantitative estimate of drug-likeness (QED) is 0.844. The van der Waals surface area contributed by atoms with Crippen LogP contribution in [0.2, 0.25) is 0 Å². The first-order valence-electron chi connectivity index (χ1n) is 7.78. The molecule has 2 aliphatic heterocycles. The number of piperazine rings is 1. The van der Waals surface area contributed by atoms with Gasteiger partial charge in [-0.1, -0.05) is 13.3 Å². The highest BCUT2D eigenvalue weighted by atomic mass is 16.5. The number of ether oxygens (including phenoxy) is 1. The number of morpholine rings is 1. The van der Waals surface area contributed by atoms with Gasteiger partial charge in [-0.25, -0.2) is 0 Å². The van der Waals surface area contributed by atoms with Crippen LogP contribution in [0.3, 0.4) is 0 Å². The lowest BCUT2D eigenvalue weighted by Gasteiger charge is -2.48. The Morgan fingerprint density at radius 1 is 1.35 bits per heavy atom. The molecule has 2 aliphatic rings. The molecule has 0 aliphatic carbocycles. The maximum absolute atomic E-state index is 5.84. The summed E-state index contributed by atoms with van der Waals surface area (Å²) in [6, 6.07) is 3.30. The van der Waals surface area contributed by atoms with E-state index in [0.29, 0.717) is 12.1 Å². The predicted octanol–water partition coefficient (Wildman–Crippen LogP) is 2.08. The molecule has 3 heterocycles. The van der Waals surface area contributed by atoms with Gasteiger partial charge in [0.05, 0.1) is 19.3 Å². The first-order chi connectivity index (χ1) is 9.79. The molecule has 1 aromatic rings. The van der Waals surface area contributed by atoms with Crippen LogP contribution >= 0.6 is 0 Å². The van der Waals surface area contributed by atoms with E-state index < -0.39 is 0 Å². The van der Waals surface area contributed by atoms with Crippen molar-refractivity contribution in [1.82, 2.24) is 9.88 Å². The molecule has 4 heteroatoms. The van der Waals surface area contributed by atoms with Crippen LogP contribution in [-0.2, 0) is 4.74 Å². The highest BCUT2D eigenvalue weighted by molar-refractivity contribution is 5.52. The summed E-state index contributed by atoms with van der Waals surface area (Å²) in [5.74, 6) is 0. The summed E-state index contributed by atoms with van der Waals surface area (Å²) >= 11 is 0. The smallest absolute Gasteiger partial charge is 0.0640 e. The molecule has 0 radical (unpaired) electrons. The number of hydrogen-bond acceptors (Lipinski definition) is 4. The number of anilines is 1. The van der Waals surface area contributed by atoms with Crippen LogP contribution < -0.4 is 4.90 Å². The lowest BCUT2D eigenvalue weighted by atomic mass is 10.0. The Morgan fingerprint density at radius 3 is 3.05 bits per heavy atom. The Balaban J connectivity index is 1.71. The van der Waals surface area contributed by atoms with E-state index in [1.54, 1.807) is 0 Å². The first-order valence-corrected chi connectivity index (χ1v) is 7.78. The third-order valence-corrected chi connectivity index (χ3v) is 4.57. The molecular formula is C16H25N3O. The van der Waals surface area contributed by atoms with E-state index in [1.807, 2.05) is 12.4 Å².